The third-order valence-electron chi connectivity index (χ3n) is 1.58. The Morgan fingerprint density at radius 1 is 1.33 bits per heavy atom. The quantitative estimate of drug-likeness (QED) is 0.567. The molecule has 0 aliphatic rings. The van der Waals surface area contributed by atoms with E-state index in [4.69, 9.17) is 0 Å². The first-order valence-electron chi connectivity index (χ1n) is 3.64. The standard InChI is InChI=1S/C7H6N2O5S/c8-15(13,14)7(10)5-3-1-2-4-6(5)9(11)12/h1-4H,(H2,8,13,14). The number of para-hydroxylation sites is 1. The molecule has 0 unspecified atom stereocenters. The van der Waals surface area contributed by atoms with Gasteiger partial charge in [-0.05, 0) is 6.07 Å². The monoisotopic (exact) mass is 230 g/mol. The van der Waals surface area contributed by atoms with Crippen molar-refractivity contribution in [3.8, 4) is 0 Å². The molecule has 8 heteroatoms. The molecule has 0 aliphatic heterocycles. The number of primary sulfonamides is 1. The molecule has 0 aliphatic carbocycles. The smallest absolute Gasteiger partial charge is 0.274 e. The molecule has 0 amide bonds. The van der Waals surface area contributed by atoms with Crippen molar-refractivity contribution < 1.29 is 18.1 Å². The van der Waals surface area contributed by atoms with Crippen LogP contribution in [0, 0.1) is 10.1 Å². The van der Waals surface area contributed by atoms with E-state index < -0.39 is 31.3 Å². The number of hydrogen-bond acceptors (Lipinski definition) is 5. The fourth-order valence-electron chi connectivity index (χ4n) is 0.959. The zero-order chi connectivity index (χ0) is 11.6. The highest BCUT2D eigenvalue weighted by Gasteiger charge is 2.26. The summed E-state index contributed by atoms with van der Waals surface area (Å²) in [5, 5.41) is 13.6. The molecule has 0 heterocycles. The highest BCUT2D eigenvalue weighted by atomic mass is 32.2. The molecule has 0 aromatic heterocycles. The minimum atomic E-state index is -4.46. The van der Waals surface area contributed by atoms with Gasteiger partial charge in [-0.2, -0.15) is 0 Å². The van der Waals surface area contributed by atoms with Gasteiger partial charge >= 0.3 is 0 Å². The third kappa shape index (κ3) is 2.36. The second-order valence-electron chi connectivity index (χ2n) is 2.61. The number of carbonyl (C=O) groups excluding carboxylic acids is 1. The second kappa shape index (κ2) is 3.75. The molecule has 0 fully saturated rings. The average Bonchev–Trinajstić information content (AvgIpc) is 2.15. The maximum Gasteiger partial charge on any atom is 0.298 e. The third-order valence-corrected chi connectivity index (χ3v) is 2.32. The molecule has 15 heavy (non-hydrogen) atoms. The first kappa shape index (κ1) is 11.3. The van der Waals surface area contributed by atoms with Gasteiger partial charge in [-0.3, -0.25) is 14.9 Å². The van der Waals surface area contributed by atoms with Gasteiger partial charge in [-0.25, -0.2) is 13.6 Å². The summed E-state index contributed by atoms with van der Waals surface area (Å²) in [6.07, 6.45) is 0. The molecule has 0 atom stereocenters. The summed E-state index contributed by atoms with van der Waals surface area (Å²) < 4.78 is 21.4. The molecule has 1 aromatic carbocycles. The van der Waals surface area contributed by atoms with Crippen molar-refractivity contribution in [3.63, 3.8) is 0 Å². The van der Waals surface area contributed by atoms with E-state index in [0.29, 0.717) is 0 Å². The van der Waals surface area contributed by atoms with Crippen LogP contribution in [0.5, 0.6) is 0 Å². The van der Waals surface area contributed by atoms with Crippen LogP contribution in [0.4, 0.5) is 5.69 Å². The first-order chi connectivity index (χ1) is 6.84. The number of hydrogen-bond donors (Lipinski definition) is 1. The van der Waals surface area contributed by atoms with Gasteiger partial charge in [0.05, 0.1) is 4.92 Å². The summed E-state index contributed by atoms with van der Waals surface area (Å²) in [4.78, 5) is 20.8. The molecule has 1 rings (SSSR count). The molecular weight excluding hydrogens is 224 g/mol. The van der Waals surface area contributed by atoms with Gasteiger partial charge in [0, 0.05) is 6.07 Å². The molecule has 0 saturated carbocycles. The van der Waals surface area contributed by atoms with Gasteiger partial charge in [-0.1, -0.05) is 12.1 Å². The zero-order valence-electron chi connectivity index (χ0n) is 7.28. The van der Waals surface area contributed by atoms with Crippen molar-refractivity contribution in [2.45, 2.75) is 0 Å². The fraction of sp³-hybridized carbons (Fsp3) is 0. The maximum atomic E-state index is 11.2. The highest BCUT2D eigenvalue weighted by Crippen LogP contribution is 2.19. The van der Waals surface area contributed by atoms with Crippen LogP contribution in [-0.4, -0.2) is 18.5 Å². The topological polar surface area (TPSA) is 120 Å². The van der Waals surface area contributed by atoms with Crippen molar-refractivity contribution in [2.24, 2.45) is 5.14 Å². The summed E-state index contributed by atoms with van der Waals surface area (Å²) in [5.41, 5.74) is -1.12. The molecule has 0 saturated heterocycles. The number of carbonyl (C=O) groups is 1. The number of nitro benzene ring substituents is 1. The highest BCUT2D eigenvalue weighted by molar-refractivity contribution is 8.04. The van der Waals surface area contributed by atoms with Crippen LogP contribution in [0.1, 0.15) is 10.4 Å². The van der Waals surface area contributed by atoms with E-state index >= 15 is 0 Å². The molecule has 0 radical (unpaired) electrons. The zero-order valence-corrected chi connectivity index (χ0v) is 8.10. The predicted octanol–water partition coefficient (Wildman–Crippen LogP) is 0.0235. The number of benzene rings is 1. The Bertz CT molecular complexity index is 522. The Morgan fingerprint density at radius 3 is 2.33 bits per heavy atom. The Hall–Kier alpha value is -1.80. The number of nitrogens with zero attached hydrogens (tertiary/aromatic N) is 1. The predicted molar refractivity (Wildman–Crippen MR) is 50.5 cm³/mol. The largest absolute Gasteiger partial charge is 0.298 e. The summed E-state index contributed by atoms with van der Waals surface area (Å²) in [6.45, 7) is 0. The van der Waals surface area contributed by atoms with Crippen LogP contribution < -0.4 is 5.14 Å². The minimum absolute atomic E-state index is 0.537. The number of nitro groups is 1. The lowest BCUT2D eigenvalue weighted by Crippen LogP contribution is -2.24. The number of sulfonamides is 1. The van der Waals surface area contributed by atoms with Gasteiger partial charge in [0.25, 0.3) is 20.8 Å². The van der Waals surface area contributed by atoms with Crippen molar-refractivity contribution in [3.05, 3.63) is 39.9 Å². The van der Waals surface area contributed by atoms with Crippen LogP contribution >= 0.6 is 0 Å². The Balaban J connectivity index is 3.39. The number of rotatable bonds is 2. The van der Waals surface area contributed by atoms with Crippen LogP contribution in [0.3, 0.4) is 0 Å². The van der Waals surface area contributed by atoms with Crippen LogP contribution in [0.2, 0.25) is 0 Å². The Kier molecular flexibility index (Phi) is 2.82. The summed E-state index contributed by atoms with van der Waals surface area (Å²) in [5.74, 6) is 0. The lowest BCUT2D eigenvalue weighted by molar-refractivity contribution is -0.385. The Morgan fingerprint density at radius 2 is 1.87 bits per heavy atom. The van der Waals surface area contributed by atoms with Gasteiger partial charge < -0.3 is 0 Å². The first-order valence-corrected chi connectivity index (χ1v) is 5.19. The van der Waals surface area contributed by atoms with Crippen LogP contribution in [0.25, 0.3) is 0 Å². The SMILES string of the molecule is NS(=O)(=O)C(=O)c1ccccc1[N+](=O)[O-]. The van der Waals surface area contributed by atoms with E-state index in [-0.39, 0.29) is 0 Å². The molecule has 7 nitrogen and oxygen atoms in total. The second-order valence-corrected chi connectivity index (χ2v) is 4.07. The molecule has 2 N–H and O–H groups in total. The number of nitrogens with two attached hydrogens (primary N) is 1. The lowest BCUT2D eigenvalue weighted by Gasteiger charge is -1.98. The fourth-order valence-corrected chi connectivity index (χ4v) is 1.44. The van der Waals surface area contributed by atoms with Gasteiger partial charge in [0.15, 0.2) is 0 Å². The van der Waals surface area contributed by atoms with Gasteiger partial charge in [0.2, 0.25) is 0 Å². The maximum absolute atomic E-state index is 11.2. The summed E-state index contributed by atoms with van der Waals surface area (Å²) in [6, 6.07) is 4.69. The van der Waals surface area contributed by atoms with E-state index in [1.54, 1.807) is 0 Å². The van der Waals surface area contributed by atoms with E-state index in [1.807, 2.05) is 0 Å². The van der Waals surface area contributed by atoms with E-state index in [0.717, 1.165) is 12.1 Å². The van der Waals surface area contributed by atoms with E-state index in [2.05, 4.69) is 5.14 Å². The molecular formula is C7H6N2O5S. The van der Waals surface area contributed by atoms with Gasteiger partial charge in [0.1, 0.15) is 5.56 Å². The van der Waals surface area contributed by atoms with E-state index in [9.17, 15) is 23.3 Å². The van der Waals surface area contributed by atoms with Crippen molar-refractivity contribution in [1.82, 2.24) is 0 Å². The van der Waals surface area contributed by atoms with Crippen molar-refractivity contribution in [1.29, 1.82) is 0 Å². The molecule has 80 valence electrons. The minimum Gasteiger partial charge on any atom is -0.274 e. The average molecular weight is 230 g/mol. The van der Waals surface area contributed by atoms with Crippen LogP contribution in [0.15, 0.2) is 24.3 Å². The summed E-state index contributed by atoms with van der Waals surface area (Å²) >= 11 is 0. The van der Waals surface area contributed by atoms with E-state index in [1.165, 1.54) is 12.1 Å². The van der Waals surface area contributed by atoms with Gasteiger partial charge in [-0.15, -0.1) is 0 Å². The normalized spacial score (nSPS) is 11.0. The Labute approximate surface area is 84.7 Å². The summed E-state index contributed by atoms with van der Waals surface area (Å²) in [7, 11) is -4.46. The van der Waals surface area contributed by atoms with Crippen molar-refractivity contribution >= 4 is 20.8 Å². The molecule has 1 aromatic rings. The van der Waals surface area contributed by atoms with Crippen molar-refractivity contribution in [2.75, 3.05) is 0 Å². The molecule has 0 spiro atoms. The van der Waals surface area contributed by atoms with Crippen LogP contribution in [-0.2, 0) is 10.0 Å². The molecule has 0 bridgehead atoms. The lowest BCUT2D eigenvalue weighted by atomic mass is 10.2.